The van der Waals surface area contributed by atoms with Crippen LogP contribution in [0.4, 0.5) is 5.69 Å². The number of nitro benzene ring substituents is 1. The molecule has 0 unspecified atom stereocenters. The molecule has 0 aromatic heterocycles. The van der Waals surface area contributed by atoms with Crippen LogP contribution in [0.5, 0.6) is 0 Å². The van der Waals surface area contributed by atoms with Crippen molar-refractivity contribution < 1.29 is 14.5 Å². The van der Waals surface area contributed by atoms with Crippen molar-refractivity contribution in [3.63, 3.8) is 0 Å². The van der Waals surface area contributed by atoms with E-state index in [0.717, 1.165) is 10.5 Å². The van der Waals surface area contributed by atoms with Gasteiger partial charge < -0.3 is 4.74 Å². The number of carbonyl (C=O) groups is 1. The van der Waals surface area contributed by atoms with Crippen molar-refractivity contribution in [1.29, 1.82) is 0 Å². The first kappa shape index (κ1) is 15.1. The average molecular weight is 303 g/mol. The number of carbonyl (C=O) groups excluding carboxylic acids is 1. The second-order valence-corrected chi connectivity index (χ2v) is 5.46. The van der Waals surface area contributed by atoms with Gasteiger partial charge in [-0.2, -0.15) is 0 Å². The maximum atomic E-state index is 11.4. The molecule has 0 saturated heterocycles. The van der Waals surface area contributed by atoms with Crippen LogP contribution in [0.1, 0.15) is 15.9 Å². The Hall–Kier alpha value is -2.34. The van der Waals surface area contributed by atoms with Crippen LogP contribution in [-0.4, -0.2) is 18.0 Å². The summed E-state index contributed by atoms with van der Waals surface area (Å²) in [4.78, 5) is 23.5. The van der Waals surface area contributed by atoms with E-state index in [1.54, 1.807) is 6.07 Å². The molecule has 0 spiro atoms. The van der Waals surface area contributed by atoms with E-state index in [-0.39, 0.29) is 11.3 Å². The van der Waals surface area contributed by atoms with Crippen molar-refractivity contribution in [2.75, 3.05) is 7.11 Å². The van der Waals surface area contributed by atoms with Crippen LogP contribution in [0.3, 0.4) is 0 Å². The predicted octanol–water partition coefficient (Wildman–Crippen LogP) is 3.84. The molecule has 21 heavy (non-hydrogen) atoms. The molecule has 0 atom stereocenters. The van der Waals surface area contributed by atoms with Crippen LogP contribution in [-0.2, 0) is 4.74 Å². The second kappa shape index (κ2) is 6.41. The van der Waals surface area contributed by atoms with E-state index in [2.05, 4.69) is 4.74 Å². The number of hydrogen-bond donors (Lipinski definition) is 0. The van der Waals surface area contributed by atoms with Gasteiger partial charge in [-0.05, 0) is 31.2 Å². The zero-order chi connectivity index (χ0) is 15.4. The topological polar surface area (TPSA) is 69.4 Å². The largest absolute Gasteiger partial charge is 0.465 e. The Balaban J connectivity index is 2.36. The highest BCUT2D eigenvalue weighted by molar-refractivity contribution is 7.99. The molecule has 5 nitrogen and oxygen atoms in total. The number of benzene rings is 2. The summed E-state index contributed by atoms with van der Waals surface area (Å²) in [6.07, 6.45) is 0. The van der Waals surface area contributed by atoms with E-state index < -0.39 is 10.9 Å². The Morgan fingerprint density at radius 1 is 1.19 bits per heavy atom. The van der Waals surface area contributed by atoms with Gasteiger partial charge in [0.25, 0.3) is 5.69 Å². The molecule has 0 aliphatic heterocycles. The third kappa shape index (κ3) is 3.61. The van der Waals surface area contributed by atoms with Gasteiger partial charge in [0.05, 0.1) is 22.5 Å². The summed E-state index contributed by atoms with van der Waals surface area (Å²) in [5, 5.41) is 11.2. The molecule has 0 aliphatic rings. The highest BCUT2D eigenvalue weighted by Crippen LogP contribution is 2.35. The van der Waals surface area contributed by atoms with Gasteiger partial charge in [-0.25, -0.2) is 4.79 Å². The SMILES string of the molecule is COC(=O)c1ccc(Sc2ccc(C)cc2)c([N+](=O)[O-])c1. The molecule has 0 saturated carbocycles. The monoisotopic (exact) mass is 303 g/mol. The van der Waals surface area contributed by atoms with E-state index >= 15 is 0 Å². The molecular weight excluding hydrogens is 290 g/mol. The van der Waals surface area contributed by atoms with E-state index in [4.69, 9.17) is 0 Å². The fraction of sp³-hybridized carbons (Fsp3) is 0.133. The number of aryl methyl sites for hydroxylation is 1. The van der Waals surface area contributed by atoms with Crippen molar-refractivity contribution in [3.8, 4) is 0 Å². The Morgan fingerprint density at radius 3 is 2.43 bits per heavy atom. The first-order chi connectivity index (χ1) is 10.0. The third-order valence-corrected chi connectivity index (χ3v) is 3.90. The quantitative estimate of drug-likeness (QED) is 0.487. The molecule has 0 fully saturated rings. The number of rotatable bonds is 4. The first-order valence-electron chi connectivity index (χ1n) is 6.12. The summed E-state index contributed by atoms with van der Waals surface area (Å²) >= 11 is 1.29. The summed E-state index contributed by atoms with van der Waals surface area (Å²) in [6.45, 7) is 1.97. The van der Waals surface area contributed by atoms with E-state index in [1.165, 1.54) is 31.0 Å². The normalized spacial score (nSPS) is 10.2. The molecule has 2 rings (SSSR count). The lowest BCUT2D eigenvalue weighted by Gasteiger charge is -2.05. The number of methoxy groups -OCH3 is 1. The predicted molar refractivity (Wildman–Crippen MR) is 79.7 cm³/mol. The number of ether oxygens (including phenoxy) is 1. The van der Waals surface area contributed by atoms with E-state index in [1.807, 2.05) is 31.2 Å². The zero-order valence-corrected chi connectivity index (χ0v) is 12.3. The van der Waals surface area contributed by atoms with Crippen LogP contribution >= 0.6 is 11.8 Å². The lowest BCUT2D eigenvalue weighted by Crippen LogP contribution is -2.02. The minimum atomic E-state index is -0.593. The lowest BCUT2D eigenvalue weighted by atomic mass is 10.2. The van der Waals surface area contributed by atoms with E-state index in [9.17, 15) is 14.9 Å². The van der Waals surface area contributed by atoms with Crippen molar-refractivity contribution in [2.45, 2.75) is 16.7 Å². The van der Waals surface area contributed by atoms with Crippen LogP contribution in [0.2, 0.25) is 0 Å². The summed E-state index contributed by atoms with van der Waals surface area (Å²) in [5.41, 5.74) is 1.18. The van der Waals surface area contributed by atoms with Crippen LogP contribution in [0.25, 0.3) is 0 Å². The van der Waals surface area contributed by atoms with Crippen molar-refractivity contribution in [2.24, 2.45) is 0 Å². The van der Waals surface area contributed by atoms with Gasteiger partial charge in [0.15, 0.2) is 0 Å². The van der Waals surface area contributed by atoms with Crippen molar-refractivity contribution >= 4 is 23.4 Å². The molecule has 108 valence electrons. The smallest absolute Gasteiger partial charge is 0.338 e. The van der Waals surface area contributed by atoms with Crippen molar-refractivity contribution in [1.82, 2.24) is 0 Å². The van der Waals surface area contributed by atoms with Crippen LogP contribution in [0, 0.1) is 17.0 Å². The maximum absolute atomic E-state index is 11.4. The summed E-state index contributed by atoms with van der Waals surface area (Å²) in [7, 11) is 1.24. The third-order valence-electron chi connectivity index (χ3n) is 2.83. The zero-order valence-electron chi connectivity index (χ0n) is 11.5. The number of esters is 1. The standard InChI is InChI=1S/C15H13NO4S/c1-10-3-6-12(7-4-10)21-14-8-5-11(15(17)20-2)9-13(14)16(18)19/h3-9H,1-2H3. The van der Waals surface area contributed by atoms with Gasteiger partial charge >= 0.3 is 5.97 Å². The maximum Gasteiger partial charge on any atom is 0.338 e. The molecule has 0 amide bonds. The summed E-state index contributed by atoms with van der Waals surface area (Å²) in [6, 6.07) is 12.0. The van der Waals surface area contributed by atoms with Crippen LogP contribution in [0.15, 0.2) is 52.3 Å². The number of hydrogen-bond acceptors (Lipinski definition) is 5. The number of nitrogens with zero attached hydrogens (tertiary/aromatic N) is 1. The molecule has 0 N–H and O–H groups in total. The Morgan fingerprint density at radius 2 is 1.86 bits per heavy atom. The lowest BCUT2D eigenvalue weighted by molar-refractivity contribution is -0.387. The van der Waals surface area contributed by atoms with Gasteiger partial charge in [-0.3, -0.25) is 10.1 Å². The molecule has 2 aromatic carbocycles. The van der Waals surface area contributed by atoms with Gasteiger partial charge in [-0.1, -0.05) is 29.5 Å². The van der Waals surface area contributed by atoms with Crippen LogP contribution < -0.4 is 0 Å². The van der Waals surface area contributed by atoms with Crippen molar-refractivity contribution in [3.05, 3.63) is 63.7 Å². The molecule has 0 aliphatic carbocycles. The Labute approximate surface area is 126 Å². The molecule has 0 heterocycles. The second-order valence-electron chi connectivity index (χ2n) is 4.35. The molecule has 6 heteroatoms. The van der Waals surface area contributed by atoms with Gasteiger partial charge in [-0.15, -0.1) is 0 Å². The van der Waals surface area contributed by atoms with Gasteiger partial charge in [0.1, 0.15) is 0 Å². The van der Waals surface area contributed by atoms with Gasteiger partial charge in [0.2, 0.25) is 0 Å². The average Bonchev–Trinajstić information content (AvgIpc) is 2.49. The molecular formula is C15H13NO4S. The van der Waals surface area contributed by atoms with E-state index in [0.29, 0.717) is 4.90 Å². The summed E-state index contributed by atoms with van der Waals surface area (Å²) in [5.74, 6) is -0.593. The Bertz CT molecular complexity index is 683. The minimum Gasteiger partial charge on any atom is -0.465 e. The fourth-order valence-electron chi connectivity index (χ4n) is 1.72. The highest BCUT2D eigenvalue weighted by Gasteiger charge is 2.18. The van der Waals surface area contributed by atoms with Gasteiger partial charge in [0, 0.05) is 11.0 Å². The molecule has 0 bridgehead atoms. The molecule has 2 aromatic rings. The summed E-state index contributed by atoms with van der Waals surface area (Å²) < 4.78 is 4.57. The first-order valence-corrected chi connectivity index (χ1v) is 6.94. The number of nitro groups is 1. The fourth-order valence-corrected chi connectivity index (χ4v) is 2.62. The highest BCUT2D eigenvalue weighted by atomic mass is 32.2. The molecule has 0 radical (unpaired) electrons. The minimum absolute atomic E-state index is 0.108. The Kier molecular flexibility index (Phi) is 4.59.